The molecule has 0 bridgehead atoms. The molecular weight excluding hydrogens is 493 g/mol. The van der Waals surface area contributed by atoms with Gasteiger partial charge in [0.2, 0.25) is 5.78 Å². The fraction of sp³-hybridized carbons (Fsp3) is 0.160. The molecule has 5 rings (SSSR count). The van der Waals surface area contributed by atoms with Crippen molar-refractivity contribution in [1.82, 2.24) is 14.3 Å². The van der Waals surface area contributed by atoms with E-state index in [2.05, 4.69) is 14.7 Å². The van der Waals surface area contributed by atoms with Crippen LogP contribution in [0.4, 0.5) is 18.9 Å². The molecule has 0 saturated carbocycles. The Morgan fingerprint density at radius 2 is 1.89 bits per heavy atom. The lowest BCUT2D eigenvalue weighted by molar-refractivity contribution is 0.103. The largest absolute Gasteiger partial charge is 0.507 e. The number of aromatic amines is 1. The summed E-state index contributed by atoms with van der Waals surface area (Å²) in [4.78, 5) is 31.3. The van der Waals surface area contributed by atoms with Crippen LogP contribution in [0, 0.1) is 17.5 Å². The molecule has 0 amide bonds. The fourth-order valence-electron chi connectivity index (χ4n) is 4.10. The monoisotopic (exact) mass is 512 g/mol. The van der Waals surface area contributed by atoms with Crippen molar-refractivity contribution in [2.75, 3.05) is 17.8 Å². The van der Waals surface area contributed by atoms with E-state index in [0.717, 1.165) is 38.1 Å². The Balaban J connectivity index is 1.51. The molecule has 1 aliphatic heterocycles. The van der Waals surface area contributed by atoms with Crippen LogP contribution in [0.5, 0.6) is 5.75 Å². The van der Waals surface area contributed by atoms with Gasteiger partial charge in [0.1, 0.15) is 23.0 Å². The summed E-state index contributed by atoms with van der Waals surface area (Å²) in [6, 6.07) is 6.00. The van der Waals surface area contributed by atoms with Crippen molar-refractivity contribution < 1.29 is 27.9 Å². The van der Waals surface area contributed by atoms with E-state index in [9.17, 15) is 23.5 Å². The number of aromatic nitrogens is 2. The molecule has 0 atom stereocenters. The molecule has 0 spiro atoms. The molecule has 11 heteroatoms. The number of nitrogens with one attached hydrogen (secondary N) is 2. The molecule has 7 nitrogen and oxygen atoms in total. The summed E-state index contributed by atoms with van der Waals surface area (Å²) in [7, 11) is 0. The quantitative estimate of drug-likeness (QED) is 0.172. The van der Waals surface area contributed by atoms with Crippen LogP contribution in [0.1, 0.15) is 39.1 Å². The predicted octanol–water partition coefficient (Wildman–Crippen LogP) is 5.47. The van der Waals surface area contributed by atoms with Gasteiger partial charge in [0.05, 0.1) is 16.8 Å². The van der Waals surface area contributed by atoms with Gasteiger partial charge in [0.15, 0.2) is 12.1 Å². The highest BCUT2D eigenvalue weighted by molar-refractivity contribution is 7.98. The predicted molar refractivity (Wildman–Crippen MR) is 130 cm³/mol. The Morgan fingerprint density at radius 1 is 1.11 bits per heavy atom. The molecule has 3 heterocycles. The van der Waals surface area contributed by atoms with Crippen LogP contribution in [-0.4, -0.2) is 44.5 Å². The Morgan fingerprint density at radius 3 is 2.61 bits per heavy atom. The zero-order valence-corrected chi connectivity index (χ0v) is 19.5. The normalized spacial score (nSPS) is 13.9. The molecule has 2 aromatic heterocycles. The third-order valence-corrected chi connectivity index (χ3v) is 6.94. The number of aldehydes is 1. The molecule has 1 fully saturated rings. The van der Waals surface area contributed by atoms with Gasteiger partial charge in [-0.05, 0) is 48.7 Å². The van der Waals surface area contributed by atoms with Gasteiger partial charge < -0.3 is 14.8 Å². The van der Waals surface area contributed by atoms with Crippen molar-refractivity contribution in [2.24, 2.45) is 0 Å². The maximum Gasteiger partial charge on any atom is 0.201 e. The van der Waals surface area contributed by atoms with Gasteiger partial charge in [-0.15, -0.1) is 0 Å². The first-order chi connectivity index (χ1) is 17.4. The molecular formula is C25H19F3N4O3S. The summed E-state index contributed by atoms with van der Waals surface area (Å²) in [6.07, 6.45) is 4.95. The molecule has 1 aliphatic rings. The number of anilines is 1. The average molecular weight is 513 g/mol. The highest BCUT2D eigenvalue weighted by Gasteiger charge is 2.25. The van der Waals surface area contributed by atoms with Crippen molar-refractivity contribution in [3.8, 4) is 16.9 Å². The van der Waals surface area contributed by atoms with E-state index >= 15 is 4.39 Å². The number of carbonyl (C=O) groups is 2. The number of benzene rings is 2. The number of aromatic hydroxyl groups is 1. The van der Waals surface area contributed by atoms with Crippen LogP contribution in [0.15, 0.2) is 42.7 Å². The maximum atomic E-state index is 15.3. The van der Waals surface area contributed by atoms with Crippen LogP contribution in [0.2, 0.25) is 0 Å². The number of phenolic OH excluding ortho intramolecular Hbond substituents is 1. The molecule has 0 aliphatic carbocycles. The van der Waals surface area contributed by atoms with Crippen molar-refractivity contribution in [2.45, 2.75) is 12.8 Å². The van der Waals surface area contributed by atoms with E-state index in [0.29, 0.717) is 5.56 Å². The summed E-state index contributed by atoms with van der Waals surface area (Å²) < 4.78 is 49.0. The summed E-state index contributed by atoms with van der Waals surface area (Å²) in [5.74, 6) is -4.39. The minimum absolute atomic E-state index is 0.0171. The molecule has 184 valence electrons. The Bertz CT molecular complexity index is 1480. The molecule has 4 aromatic rings. The highest BCUT2D eigenvalue weighted by atomic mass is 32.2. The van der Waals surface area contributed by atoms with Crippen LogP contribution >= 0.6 is 12.1 Å². The highest BCUT2D eigenvalue weighted by Crippen LogP contribution is 2.32. The third kappa shape index (κ3) is 4.31. The van der Waals surface area contributed by atoms with Crippen LogP contribution < -0.4 is 4.72 Å². The first-order valence-corrected chi connectivity index (χ1v) is 11.8. The van der Waals surface area contributed by atoms with Gasteiger partial charge in [-0.1, -0.05) is 0 Å². The topological polar surface area (TPSA) is 98.3 Å². The molecule has 36 heavy (non-hydrogen) atoms. The first-order valence-electron chi connectivity index (χ1n) is 11.0. The lowest BCUT2D eigenvalue weighted by Crippen LogP contribution is -2.14. The number of fused-ring (bicyclic) bond motifs is 1. The zero-order valence-electron chi connectivity index (χ0n) is 18.6. The van der Waals surface area contributed by atoms with Crippen LogP contribution in [0.25, 0.3) is 22.2 Å². The van der Waals surface area contributed by atoms with Crippen molar-refractivity contribution in [3.63, 3.8) is 0 Å². The maximum absolute atomic E-state index is 15.3. The van der Waals surface area contributed by atoms with Crippen molar-refractivity contribution in [1.29, 1.82) is 0 Å². The van der Waals surface area contributed by atoms with E-state index < -0.39 is 40.1 Å². The van der Waals surface area contributed by atoms with E-state index in [-0.39, 0.29) is 34.1 Å². The molecule has 3 N–H and O–H groups in total. The number of pyridine rings is 1. The van der Waals surface area contributed by atoms with Crippen LogP contribution in [0.3, 0.4) is 0 Å². The van der Waals surface area contributed by atoms with Crippen molar-refractivity contribution >= 4 is 40.9 Å². The molecule has 0 unspecified atom stereocenters. The lowest BCUT2D eigenvalue weighted by atomic mass is 9.99. The number of hydrogen-bond acceptors (Lipinski definition) is 7. The smallest absolute Gasteiger partial charge is 0.201 e. The Hall–Kier alpha value is -3.83. The first kappa shape index (κ1) is 23.9. The number of hydrogen-bond donors (Lipinski definition) is 3. The zero-order chi connectivity index (χ0) is 25.4. The number of carbonyl (C=O) groups excluding carboxylic acids is 2. The molecule has 0 radical (unpaired) electrons. The second-order valence-electron chi connectivity index (χ2n) is 8.27. The second kappa shape index (κ2) is 9.67. The number of halogens is 3. The van der Waals surface area contributed by atoms with Crippen molar-refractivity contribution in [3.05, 3.63) is 76.9 Å². The van der Waals surface area contributed by atoms with E-state index in [1.807, 2.05) is 4.31 Å². The van der Waals surface area contributed by atoms with Gasteiger partial charge in [0.25, 0.3) is 0 Å². The number of H-pyrrole nitrogens is 1. The van der Waals surface area contributed by atoms with Gasteiger partial charge in [-0.25, -0.2) is 22.5 Å². The fourth-order valence-corrected chi connectivity index (χ4v) is 4.93. The van der Waals surface area contributed by atoms with Gasteiger partial charge in [-0.2, -0.15) is 0 Å². The van der Waals surface area contributed by atoms with E-state index in [1.165, 1.54) is 42.7 Å². The SMILES string of the molecule is O=Cc1c(O)cc(-c2cnc3[nH]cc(C(=O)c4c(F)ccc(NSN5CCCC5)c4F)c3c2)cc1F. The minimum Gasteiger partial charge on any atom is -0.507 e. The number of phenols is 1. The van der Waals surface area contributed by atoms with Crippen LogP contribution in [-0.2, 0) is 0 Å². The van der Waals surface area contributed by atoms with E-state index in [1.54, 1.807) is 0 Å². The Kier molecular flexibility index (Phi) is 6.42. The lowest BCUT2D eigenvalue weighted by Gasteiger charge is -2.15. The summed E-state index contributed by atoms with van der Waals surface area (Å²) in [6.45, 7) is 1.69. The Labute approximate surface area is 207 Å². The van der Waals surface area contributed by atoms with E-state index in [4.69, 9.17) is 0 Å². The standard InChI is InChI=1S/C25H19F3N4O3S/c26-18-3-4-20(31-36-32-5-1-2-6-32)23(28)22(18)24(35)16-11-30-25-15(16)7-14(10-29-25)13-8-19(27)17(12-33)21(34)9-13/h3-4,7-12,31,34H,1-2,5-6H2,(H,29,30). The molecule has 2 aromatic carbocycles. The summed E-state index contributed by atoms with van der Waals surface area (Å²) >= 11 is 1.20. The minimum atomic E-state index is -1.01. The van der Waals surface area contributed by atoms with Gasteiger partial charge in [-0.3, -0.25) is 9.59 Å². The third-order valence-electron chi connectivity index (χ3n) is 6.00. The second-order valence-corrected chi connectivity index (χ2v) is 9.18. The van der Waals surface area contributed by atoms with Gasteiger partial charge >= 0.3 is 0 Å². The van der Waals surface area contributed by atoms with Gasteiger partial charge in [0, 0.05) is 54.1 Å². The summed E-state index contributed by atoms with van der Waals surface area (Å²) in [5, 5.41) is 10.2. The number of rotatable bonds is 7. The summed E-state index contributed by atoms with van der Waals surface area (Å²) in [5.41, 5.74) is -0.448. The number of ketones is 1. The molecule has 1 saturated heterocycles. The average Bonchev–Trinajstić information content (AvgIpc) is 3.53. The number of nitrogens with zero attached hydrogens (tertiary/aromatic N) is 2.